The molecule has 22 heavy (non-hydrogen) atoms. The summed E-state index contributed by atoms with van der Waals surface area (Å²) in [6.07, 6.45) is 2.47. The Labute approximate surface area is 134 Å². The van der Waals surface area contributed by atoms with Gasteiger partial charge in [0.1, 0.15) is 6.04 Å². The van der Waals surface area contributed by atoms with Crippen LogP contribution in [0.2, 0.25) is 0 Å². The Morgan fingerprint density at radius 3 is 2.18 bits per heavy atom. The fourth-order valence-electron chi connectivity index (χ4n) is 3.30. The third-order valence-electron chi connectivity index (χ3n) is 4.82. The van der Waals surface area contributed by atoms with E-state index in [-0.39, 0.29) is 11.9 Å². The van der Waals surface area contributed by atoms with Gasteiger partial charge in [0.05, 0.1) is 12.6 Å². The molecule has 0 aromatic heterocycles. The quantitative estimate of drug-likeness (QED) is 0.747. The molecule has 0 aromatic rings. The standard InChI is InChI=1S/C17H30N4O/c1-13(2)16(11-18)19-7-9-20(10-8-19)17(22)12-21(14(3)4)15-5-6-15/h13-16H,5-10,12H2,1-4H3/t16-/m1/s1. The van der Waals surface area contributed by atoms with Crippen LogP contribution in [0.5, 0.6) is 0 Å². The first-order chi connectivity index (χ1) is 10.4. The summed E-state index contributed by atoms with van der Waals surface area (Å²) >= 11 is 0. The van der Waals surface area contributed by atoms with E-state index in [1.54, 1.807) is 0 Å². The molecule has 2 fully saturated rings. The molecule has 1 atom stereocenters. The monoisotopic (exact) mass is 306 g/mol. The number of piperazine rings is 1. The fraction of sp³-hybridized carbons (Fsp3) is 0.882. The Bertz CT molecular complexity index is 415. The van der Waals surface area contributed by atoms with Gasteiger partial charge in [0, 0.05) is 38.3 Å². The molecule has 0 bridgehead atoms. The molecule has 5 nitrogen and oxygen atoms in total. The smallest absolute Gasteiger partial charge is 0.236 e. The number of amides is 1. The van der Waals surface area contributed by atoms with Crippen LogP contribution in [0, 0.1) is 17.2 Å². The van der Waals surface area contributed by atoms with Gasteiger partial charge in [0.2, 0.25) is 5.91 Å². The minimum absolute atomic E-state index is 0.0316. The summed E-state index contributed by atoms with van der Waals surface area (Å²) in [4.78, 5) is 19.1. The van der Waals surface area contributed by atoms with Gasteiger partial charge in [-0.2, -0.15) is 5.26 Å². The number of nitrogens with zero attached hydrogens (tertiary/aromatic N) is 4. The van der Waals surface area contributed by atoms with E-state index in [1.165, 1.54) is 12.8 Å². The second-order valence-corrected chi connectivity index (χ2v) is 7.23. The largest absolute Gasteiger partial charge is 0.339 e. The zero-order valence-electron chi connectivity index (χ0n) is 14.5. The maximum absolute atomic E-state index is 12.5. The van der Waals surface area contributed by atoms with Gasteiger partial charge < -0.3 is 4.90 Å². The highest BCUT2D eigenvalue weighted by atomic mass is 16.2. The molecule has 0 radical (unpaired) electrons. The van der Waals surface area contributed by atoms with Gasteiger partial charge in [-0.15, -0.1) is 0 Å². The average molecular weight is 306 g/mol. The highest BCUT2D eigenvalue weighted by Crippen LogP contribution is 2.28. The molecule has 2 aliphatic rings. The summed E-state index contributed by atoms with van der Waals surface area (Å²) in [7, 11) is 0. The van der Waals surface area contributed by atoms with Crippen molar-refractivity contribution < 1.29 is 4.79 Å². The van der Waals surface area contributed by atoms with E-state index in [2.05, 4.69) is 43.6 Å². The first-order valence-corrected chi connectivity index (χ1v) is 8.61. The summed E-state index contributed by atoms with van der Waals surface area (Å²) in [5.74, 6) is 0.580. The van der Waals surface area contributed by atoms with Crippen LogP contribution in [-0.2, 0) is 4.79 Å². The second kappa shape index (κ2) is 7.43. The lowest BCUT2D eigenvalue weighted by Gasteiger charge is -2.39. The minimum atomic E-state index is -0.0316. The minimum Gasteiger partial charge on any atom is -0.339 e. The van der Waals surface area contributed by atoms with Crippen LogP contribution in [0.3, 0.4) is 0 Å². The molecular weight excluding hydrogens is 276 g/mol. The van der Waals surface area contributed by atoms with Gasteiger partial charge >= 0.3 is 0 Å². The number of hydrogen-bond donors (Lipinski definition) is 0. The number of rotatable bonds is 6. The molecule has 1 amide bonds. The van der Waals surface area contributed by atoms with E-state index < -0.39 is 0 Å². The Morgan fingerprint density at radius 2 is 1.77 bits per heavy atom. The van der Waals surface area contributed by atoms with E-state index in [9.17, 15) is 10.1 Å². The average Bonchev–Trinajstić information content (AvgIpc) is 3.29. The number of carbonyl (C=O) groups excluding carboxylic acids is 1. The third-order valence-corrected chi connectivity index (χ3v) is 4.82. The molecule has 1 aliphatic heterocycles. The van der Waals surface area contributed by atoms with Gasteiger partial charge in [-0.3, -0.25) is 14.6 Å². The molecule has 5 heteroatoms. The number of carbonyl (C=O) groups is 1. The molecular formula is C17H30N4O. The maximum Gasteiger partial charge on any atom is 0.236 e. The van der Waals surface area contributed by atoms with Crippen LogP contribution >= 0.6 is 0 Å². The van der Waals surface area contributed by atoms with Crippen molar-refractivity contribution in [1.82, 2.24) is 14.7 Å². The third kappa shape index (κ3) is 4.21. The van der Waals surface area contributed by atoms with Crippen molar-refractivity contribution in [2.45, 2.75) is 58.7 Å². The summed E-state index contributed by atoms with van der Waals surface area (Å²) in [6, 6.07) is 3.42. The van der Waals surface area contributed by atoms with Crippen LogP contribution in [0.4, 0.5) is 0 Å². The van der Waals surface area contributed by atoms with Crippen LogP contribution in [0.1, 0.15) is 40.5 Å². The maximum atomic E-state index is 12.5. The van der Waals surface area contributed by atoms with Gasteiger partial charge in [-0.1, -0.05) is 13.8 Å². The zero-order chi connectivity index (χ0) is 16.3. The van der Waals surface area contributed by atoms with E-state index in [0.29, 0.717) is 24.5 Å². The normalized spacial score (nSPS) is 21.5. The lowest BCUT2D eigenvalue weighted by atomic mass is 10.0. The van der Waals surface area contributed by atoms with Crippen molar-refractivity contribution in [3.63, 3.8) is 0 Å². The van der Waals surface area contributed by atoms with Gasteiger partial charge in [0.25, 0.3) is 0 Å². The van der Waals surface area contributed by atoms with Crippen molar-refractivity contribution >= 4 is 5.91 Å². The lowest BCUT2D eigenvalue weighted by molar-refractivity contribution is -0.135. The molecule has 2 rings (SSSR count). The molecule has 0 N–H and O–H groups in total. The lowest BCUT2D eigenvalue weighted by Crippen LogP contribution is -2.54. The van der Waals surface area contributed by atoms with Crippen LogP contribution in [-0.4, -0.2) is 71.5 Å². The topological polar surface area (TPSA) is 50.6 Å². The predicted octanol–water partition coefficient (Wildman–Crippen LogP) is 1.55. The van der Waals surface area contributed by atoms with Gasteiger partial charge in [0.15, 0.2) is 0 Å². The second-order valence-electron chi connectivity index (χ2n) is 7.23. The highest BCUT2D eigenvalue weighted by molar-refractivity contribution is 5.78. The van der Waals surface area contributed by atoms with Crippen LogP contribution in [0.15, 0.2) is 0 Å². The first-order valence-electron chi connectivity index (χ1n) is 8.61. The molecule has 0 unspecified atom stereocenters. The first kappa shape index (κ1) is 17.2. The summed E-state index contributed by atoms with van der Waals surface area (Å²) < 4.78 is 0. The SMILES string of the molecule is CC(C)[C@@H](C#N)N1CCN(C(=O)CN(C(C)C)C2CC2)CC1. The van der Waals surface area contributed by atoms with Gasteiger partial charge in [-0.25, -0.2) is 0 Å². The van der Waals surface area contributed by atoms with E-state index in [0.717, 1.165) is 26.2 Å². The molecule has 1 aliphatic carbocycles. The Balaban J connectivity index is 1.83. The predicted molar refractivity (Wildman–Crippen MR) is 87.3 cm³/mol. The van der Waals surface area contributed by atoms with Crippen molar-refractivity contribution in [2.24, 2.45) is 5.92 Å². The van der Waals surface area contributed by atoms with Crippen molar-refractivity contribution in [2.75, 3.05) is 32.7 Å². The summed E-state index contributed by atoms with van der Waals surface area (Å²) in [5, 5.41) is 9.29. The van der Waals surface area contributed by atoms with Crippen LogP contribution < -0.4 is 0 Å². The number of hydrogen-bond acceptors (Lipinski definition) is 4. The Hall–Kier alpha value is -1.12. The van der Waals surface area contributed by atoms with Gasteiger partial charge in [-0.05, 0) is 32.6 Å². The molecule has 0 spiro atoms. The van der Waals surface area contributed by atoms with E-state index in [1.807, 2.05) is 4.90 Å². The van der Waals surface area contributed by atoms with Crippen molar-refractivity contribution in [1.29, 1.82) is 5.26 Å². The van der Waals surface area contributed by atoms with Crippen molar-refractivity contribution in [3.8, 4) is 6.07 Å². The Morgan fingerprint density at radius 1 is 1.18 bits per heavy atom. The van der Waals surface area contributed by atoms with Crippen molar-refractivity contribution in [3.05, 3.63) is 0 Å². The zero-order valence-corrected chi connectivity index (χ0v) is 14.5. The van der Waals surface area contributed by atoms with E-state index in [4.69, 9.17) is 0 Å². The Kier molecular flexibility index (Phi) is 5.82. The molecule has 0 aromatic carbocycles. The molecule has 1 saturated carbocycles. The summed E-state index contributed by atoms with van der Waals surface area (Å²) in [5.41, 5.74) is 0. The summed E-state index contributed by atoms with van der Waals surface area (Å²) in [6.45, 7) is 12.2. The molecule has 124 valence electrons. The fourth-order valence-corrected chi connectivity index (χ4v) is 3.30. The van der Waals surface area contributed by atoms with Crippen LogP contribution in [0.25, 0.3) is 0 Å². The van der Waals surface area contributed by atoms with E-state index >= 15 is 0 Å². The highest BCUT2D eigenvalue weighted by Gasteiger charge is 2.34. The number of nitriles is 1. The molecule has 1 saturated heterocycles. The molecule has 1 heterocycles.